The van der Waals surface area contributed by atoms with E-state index in [-0.39, 0.29) is 0 Å². The van der Waals surface area contributed by atoms with Crippen LogP contribution in [0.3, 0.4) is 0 Å². The maximum absolute atomic E-state index is 5.99. The molecule has 0 saturated heterocycles. The zero-order chi connectivity index (χ0) is 15.0. The van der Waals surface area contributed by atoms with Crippen molar-refractivity contribution >= 4 is 0 Å². The van der Waals surface area contributed by atoms with Gasteiger partial charge in [-0.3, -0.25) is 0 Å². The van der Waals surface area contributed by atoms with Crippen LogP contribution in [0.2, 0.25) is 0 Å². The molecule has 0 bridgehead atoms. The van der Waals surface area contributed by atoms with Crippen molar-refractivity contribution in [2.75, 3.05) is 13.2 Å². The molecule has 0 aromatic rings. The van der Waals surface area contributed by atoms with E-state index in [2.05, 4.69) is 55.4 Å². The van der Waals surface area contributed by atoms with E-state index in [1.807, 2.05) is 0 Å². The van der Waals surface area contributed by atoms with Crippen LogP contribution in [0.5, 0.6) is 0 Å². The molecule has 1 heteroatoms. The lowest BCUT2D eigenvalue weighted by atomic mass is 9.83. The van der Waals surface area contributed by atoms with Gasteiger partial charge in [0.25, 0.3) is 0 Å². The molecule has 6 atom stereocenters. The zero-order valence-electron chi connectivity index (χ0n) is 14.7. The first-order valence-electron chi connectivity index (χ1n) is 8.42. The zero-order valence-corrected chi connectivity index (χ0v) is 14.7. The molecule has 116 valence electrons. The molecule has 0 aromatic carbocycles. The molecule has 0 amide bonds. The monoisotopic (exact) mass is 270 g/mol. The first kappa shape index (κ1) is 19.0. The number of ether oxygens (including phenoxy) is 1. The van der Waals surface area contributed by atoms with Gasteiger partial charge in [0.2, 0.25) is 0 Å². The molecule has 6 unspecified atom stereocenters. The smallest absolute Gasteiger partial charge is 0.0494 e. The van der Waals surface area contributed by atoms with Crippen molar-refractivity contribution in [3.8, 4) is 0 Å². The number of rotatable bonds is 10. The van der Waals surface area contributed by atoms with Crippen LogP contribution in [0.15, 0.2) is 0 Å². The summed E-state index contributed by atoms with van der Waals surface area (Å²) in [6, 6.07) is 0. The Balaban J connectivity index is 3.96. The second-order valence-electron chi connectivity index (χ2n) is 6.98. The van der Waals surface area contributed by atoms with Crippen LogP contribution in [-0.4, -0.2) is 13.2 Å². The first-order chi connectivity index (χ1) is 8.84. The highest BCUT2D eigenvalue weighted by Crippen LogP contribution is 2.25. The Labute approximate surface area is 122 Å². The molecule has 0 aliphatic heterocycles. The minimum Gasteiger partial charge on any atom is -0.381 e. The van der Waals surface area contributed by atoms with Crippen molar-refractivity contribution in [3.63, 3.8) is 0 Å². The SMILES string of the molecule is CCC(C)C(C)C(C)COCC(C)C(C)C(C)CC. The molecule has 0 aromatic heterocycles. The van der Waals surface area contributed by atoms with Crippen LogP contribution in [0.1, 0.15) is 68.2 Å². The summed E-state index contributed by atoms with van der Waals surface area (Å²) in [6.45, 7) is 20.5. The summed E-state index contributed by atoms with van der Waals surface area (Å²) in [7, 11) is 0. The maximum atomic E-state index is 5.99. The summed E-state index contributed by atoms with van der Waals surface area (Å²) in [5.41, 5.74) is 0. The normalized spacial score (nSPS) is 21.5. The summed E-state index contributed by atoms with van der Waals surface area (Å²) in [4.78, 5) is 0. The topological polar surface area (TPSA) is 9.23 Å². The number of hydrogen-bond donors (Lipinski definition) is 0. The Hall–Kier alpha value is -0.0400. The van der Waals surface area contributed by atoms with Gasteiger partial charge >= 0.3 is 0 Å². The third-order valence-electron chi connectivity index (χ3n) is 5.64. The molecule has 0 saturated carbocycles. The largest absolute Gasteiger partial charge is 0.381 e. The third kappa shape index (κ3) is 6.79. The highest BCUT2D eigenvalue weighted by Gasteiger charge is 2.20. The average molecular weight is 271 g/mol. The minimum atomic E-state index is 0.668. The maximum Gasteiger partial charge on any atom is 0.0494 e. The summed E-state index contributed by atoms with van der Waals surface area (Å²) in [6.07, 6.45) is 2.54. The lowest BCUT2D eigenvalue weighted by Gasteiger charge is -2.28. The van der Waals surface area contributed by atoms with Gasteiger partial charge in [-0.25, -0.2) is 0 Å². The van der Waals surface area contributed by atoms with Crippen LogP contribution in [0, 0.1) is 35.5 Å². The second-order valence-corrected chi connectivity index (χ2v) is 6.98. The lowest BCUT2D eigenvalue weighted by molar-refractivity contribution is 0.0376. The standard InChI is InChI=1S/C18H38O/c1-9-13(3)17(7)15(5)11-19-12-16(6)18(8)14(4)10-2/h13-18H,9-12H2,1-8H3. The van der Waals surface area contributed by atoms with Crippen molar-refractivity contribution < 1.29 is 4.74 Å². The van der Waals surface area contributed by atoms with Gasteiger partial charge in [-0.2, -0.15) is 0 Å². The van der Waals surface area contributed by atoms with E-state index >= 15 is 0 Å². The van der Waals surface area contributed by atoms with Gasteiger partial charge in [0.15, 0.2) is 0 Å². The summed E-state index contributed by atoms with van der Waals surface area (Å²) in [5, 5.41) is 0. The molecule has 0 rings (SSSR count). The quantitative estimate of drug-likeness (QED) is 0.499. The Morgan fingerprint density at radius 1 is 0.579 bits per heavy atom. The van der Waals surface area contributed by atoms with E-state index in [0.717, 1.165) is 36.9 Å². The predicted octanol–water partition coefficient (Wildman–Crippen LogP) is 5.64. The molecule has 0 aliphatic rings. The van der Waals surface area contributed by atoms with Gasteiger partial charge in [-0.05, 0) is 35.5 Å². The molecule has 0 fully saturated rings. The van der Waals surface area contributed by atoms with Crippen LogP contribution in [0.25, 0.3) is 0 Å². The van der Waals surface area contributed by atoms with Crippen molar-refractivity contribution in [2.45, 2.75) is 68.2 Å². The van der Waals surface area contributed by atoms with Crippen LogP contribution >= 0.6 is 0 Å². The van der Waals surface area contributed by atoms with Gasteiger partial charge in [-0.1, -0.05) is 68.2 Å². The van der Waals surface area contributed by atoms with E-state index in [1.54, 1.807) is 0 Å². The molecular weight excluding hydrogens is 232 g/mol. The summed E-state index contributed by atoms with van der Waals surface area (Å²) >= 11 is 0. The molecular formula is C18H38O. The van der Waals surface area contributed by atoms with Gasteiger partial charge in [0, 0.05) is 13.2 Å². The minimum absolute atomic E-state index is 0.668. The Kier molecular flexibility index (Phi) is 9.78. The Morgan fingerprint density at radius 2 is 0.895 bits per heavy atom. The fourth-order valence-corrected chi connectivity index (χ4v) is 2.61. The molecule has 0 radical (unpaired) electrons. The van der Waals surface area contributed by atoms with Crippen LogP contribution in [-0.2, 0) is 4.74 Å². The fraction of sp³-hybridized carbons (Fsp3) is 1.00. The van der Waals surface area contributed by atoms with Crippen molar-refractivity contribution in [3.05, 3.63) is 0 Å². The second kappa shape index (κ2) is 9.80. The van der Waals surface area contributed by atoms with E-state index < -0.39 is 0 Å². The van der Waals surface area contributed by atoms with E-state index in [0.29, 0.717) is 11.8 Å². The molecule has 1 nitrogen and oxygen atoms in total. The molecule has 0 aliphatic carbocycles. The Morgan fingerprint density at radius 3 is 1.16 bits per heavy atom. The highest BCUT2D eigenvalue weighted by molar-refractivity contribution is 4.69. The third-order valence-corrected chi connectivity index (χ3v) is 5.64. The molecule has 19 heavy (non-hydrogen) atoms. The van der Waals surface area contributed by atoms with E-state index in [9.17, 15) is 0 Å². The van der Waals surface area contributed by atoms with Crippen molar-refractivity contribution in [2.24, 2.45) is 35.5 Å². The lowest BCUT2D eigenvalue weighted by Crippen LogP contribution is -2.24. The highest BCUT2D eigenvalue weighted by atomic mass is 16.5. The summed E-state index contributed by atoms with van der Waals surface area (Å²) in [5.74, 6) is 4.45. The summed E-state index contributed by atoms with van der Waals surface area (Å²) < 4.78 is 5.99. The van der Waals surface area contributed by atoms with Gasteiger partial charge in [0.05, 0.1) is 0 Å². The van der Waals surface area contributed by atoms with Gasteiger partial charge < -0.3 is 4.74 Å². The predicted molar refractivity (Wildman–Crippen MR) is 86.4 cm³/mol. The molecule has 0 heterocycles. The van der Waals surface area contributed by atoms with E-state index in [1.165, 1.54) is 12.8 Å². The molecule has 0 N–H and O–H groups in total. The van der Waals surface area contributed by atoms with Crippen molar-refractivity contribution in [1.29, 1.82) is 0 Å². The van der Waals surface area contributed by atoms with Gasteiger partial charge in [0.1, 0.15) is 0 Å². The van der Waals surface area contributed by atoms with Crippen LogP contribution < -0.4 is 0 Å². The van der Waals surface area contributed by atoms with Crippen LogP contribution in [0.4, 0.5) is 0 Å². The fourth-order valence-electron chi connectivity index (χ4n) is 2.61. The van der Waals surface area contributed by atoms with Crippen molar-refractivity contribution in [1.82, 2.24) is 0 Å². The van der Waals surface area contributed by atoms with Gasteiger partial charge in [-0.15, -0.1) is 0 Å². The van der Waals surface area contributed by atoms with E-state index in [4.69, 9.17) is 4.74 Å². The molecule has 0 spiro atoms. The average Bonchev–Trinajstić information content (AvgIpc) is 2.43. The Bertz CT molecular complexity index is 192. The first-order valence-corrected chi connectivity index (χ1v) is 8.42. The number of hydrogen-bond acceptors (Lipinski definition) is 1.